The van der Waals surface area contributed by atoms with Crippen LogP contribution in [0.2, 0.25) is 0 Å². The highest BCUT2D eigenvalue weighted by Gasteiger charge is 2.26. The number of para-hydroxylation sites is 1. The lowest BCUT2D eigenvalue weighted by molar-refractivity contribution is 0.256. The average molecular weight is 371 g/mol. The van der Waals surface area contributed by atoms with E-state index >= 15 is 0 Å². The van der Waals surface area contributed by atoms with Gasteiger partial charge in [0, 0.05) is 10.9 Å². The molecule has 25 heavy (non-hydrogen) atoms. The van der Waals surface area contributed by atoms with Crippen LogP contribution in [-0.2, 0) is 16.3 Å². The van der Waals surface area contributed by atoms with E-state index in [9.17, 15) is 13.2 Å². The highest BCUT2D eigenvalue weighted by molar-refractivity contribution is 7.91. The second kappa shape index (κ2) is 5.85. The number of aromatic nitrogens is 1. The molecule has 1 aliphatic rings. The quantitative estimate of drug-likeness (QED) is 0.693. The number of aryl methyl sites for hydroxylation is 1. The molecular weight excluding hydrogens is 352 g/mol. The molecule has 1 aromatic heterocycles. The molecule has 2 aromatic carbocycles. The summed E-state index contributed by atoms with van der Waals surface area (Å²) in [5.74, 6) is 0. The molecule has 4 rings (SSSR count). The van der Waals surface area contributed by atoms with Crippen LogP contribution >= 0.6 is 0 Å². The summed E-state index contributed by atoms with van der Waals surface area (Å²) >= 11 is 0. The van der Waals surface area contributed by atoms with E-state index < -0.39 is 9.84 Å². The molecule has 1 heterocycles. The van der Waals surface area contributed by atoms with Gasteiger partial charge < -0.3 is 10.3 Å². The highest BCUT2D eigenvalue weighted by atomic mass is 32.2. The van der Waals surface area contributed by atoms with Crippen molar-refractivity contribution < 1.29 is 13.2 Å². The van der Waals surface area contributed by atoms with E-state index in [0.717, 1.165) is 34.9 Å². The lowest BCUT2D eigenvalue weighted by Crippen LogP contribution is -2.25. The molecule has 2 N–H and O–H groups in total. The number of sulfone groups is 1. The molecule has 0 saturated carbocycles. The molecule has 5 nitrogen and oxygen atoms in total. The van der Waals surface area contributed by atoms with Gasteiger partial charge in [-0.15, -0.1) is 0 Å². The average Bonchev–Trinajstić information content (AvgIpc) is 3.18. The molecule has 0 fully saturated rings. The number of aromatic amines is 1. The van der Waals surface area contributed by atoms with Crippen molar-refractivity contribution in [3.8, 4) is 0 Å². The third-order valence-corrected chi connectivity index (χ3v) is 6.64. The Morgan fingerprint density at radius 3 is 2.72 bits per heavy atom. The number of fused-ring (bicyclic) bond motifs is 2. The fourth-order valence-electron chi connectivity index (χ4n) is 3.47. The zero-order valence-corrected chi connectivity index (χ0v) is 16.6. The Balaban J connectivity index is 1.73. The first-order valence-electron chi connectivity index (χ1n) is 8.18. The lowest BCUT2D eigenvalue weighted by atomic mass is 10.1. The number of nitrogens with one attached hydrogen (secondary N) is 2. The van der Waals surface area contributed by atoms with Crippen molar-refractivity contribution in [3.05, 3.63) is 59.7 Å². The minimum atomic E-state index is -3.60. The normalized spacial score (nSPS) is 16.9. The van der Waals surface area contributed by atoms with Gasteiger partial charge in [0.1, 0.15) is 15.3 Å². The number of carbonyl (C=O) groups excluding carboxylic acids is 1. The molecule has 1 atom stereocenters. The fourth-order valence-corrected chi connectivity index (χ4v) is 5.15. The van der Waals surface area contributed by atoms with Crippen molar-refractivity contribution in [2.24, 2.45) is 0 Å². The van der Waals surface area contributed by atoms with E-state index in [1.165, 1.54) is 0 Å². The predicted molar refractivity (Wildman–Crippen MR) is 99.7 cm³/mol. The van der Waals surface area contributed by atoms with Gasteiger partial charge in [-0.3, -0.25) is 4.79 Å². The van der Waals surface area contributed by atoms with Gasteiger partial charge in [-0.2, -0.15) is 0 Å². The summed E-state index contributed by atoms with van der Waals surface area (Å²) in [7, 11) is -3.13. The third kappa shape index (κ3) is 2.79. The van der Waals surface area contributed by atoms with E-state index in [0.29, 0.717) is 10.2 Å². The van der Waals surface area contributed by atoms with E-state index in [2.05, 4.69) is 10.3 Å². The summed E-state index contributed by atoms with van der Waals surface area (Å²) in [6.07, 6.45) is 1.59. The van der Waals surface area contributed by atoms with Crippen molar-refractivity contribution in [2.45, 2.75) is 28.8 Å². The Kier molecular flexibility index (Phi) is 3.77. The van der Waals surface area contributed by atoms with Crippen LogP contribution in [0.5, 0.6) is 0 Å². The molecule has 0 radical (unpaired) electrons. The highest BCUT2D eigenvalue weighted by Crippen LogP contribution is 2.34. The molecule has 1 amide bonds. The van der Waals surface area contributed by atoms with Crippen LogP contribution in [0.1, 0.15) is 23.6 Å². The first-order chi connectivity index (χ1) is 11.9. The summed E-state index contributed by atoms with van der Waals surface area (Å²) in [5, 5.41) is 4.05. The van der Waals surface area contributed by atoms with Gasteiger partial charge >= 0.3 is 0 Å². The number of benzene rings is 2. The number of amides is 1. The van der Waals surface area contributed by atoms with E-state index in [-0.39, 0.29) is 21.5 Å². The minimum absolute atomic E-state index is 0.00447. The van der Waals surface area contributed by atoms with Gasteiger partial charge in [0.2, 0.25) is 9.84 Å². The zero-order valence-electron chi connectivity index (χ0n) is 13.7. The standard InChI is InChI=1S/C18H18N2O3SSi/c21-18(25)20-16-8-5-11-9-13(6-7-14(11)16)24(22,23)17-10-12-3-1-2-4-15(12)19-17/h1-4,6-7,9-10,16,19H,5,8H2,25H3,(H,20,21). The van der Waals surface area contributed by atoms with Crippen LogP contribution in [0.4, 0.5) is 4.79 Å². The van der Waals surface area contributed by atoms with Gasteiger partial charge in [-0.1, -0.05) is 24.3 Å². The van der Waals surface area contributed by atoms with E-state index in [4.69, 9.17) is 0 Å². The maximum absolute atomic E-state index is 13.0. The Morgan fingerprint density at radius 2 is 1.96 bits per heavy atom. The lowest BCUT2D eigenvalue weighted by Gasteiger charge is -2.13. The van der Waals surface area contributed by atoms with Crippen LogP contribution in [-0.4, -0.2) is 29.2 Å². The summed E-state index contributed by atoms with van der Waals surface area (Å²) in [6.45, 7) is 0. The van der Waals surface area contributed by atoms with Gasteiger partial charge in [0.15, 0.2) is 5.53 Å². The number of hydrogen-bond acceptors (Lipinski definition) is 3. The Hall–Kier alpha value is -2.38. The third-order valence-electron chi connectivity index (χ3n) is 4.67. The van der Waals surface area contributed by atoms with Crippen LogP contribution in [0.15, 0.2) is 58.5 Å². The number of carbonyl (C=O) groups is 1. The predicted octanol–water partition coefficient (Wildman–Crippen LogP) is 2.06. The van der Waals surface area contributed by atoms with Crippen molar-refractivity contribution in [1.82, 2.24) is 10.3 Å². The Morgan fingerprint density at radius 1 is 1.16 bits per heavy atom. The SMILES string of the molecule is O=C([SiH3])NC1CCc2cc(S(=O)(=O)c3cc4ccccc4[nH]3)ccc21. The minimum Gasteiger partial charge on any atom is -0.355 e. The van der Waals surface area contributed by atoms with Crippen molar-refractivity contribution in [2.75, 3.05) is 0 Å². The Labute approximate surface area is 148 Å². The molecule has 0 spiro atoms. The summed E-state index contributed by atoms with van der Waals surface area (Å²) < 4.78 is 25.9. The van der Waals surface area contributed by atoms with Gasteiger partial charge in [-0.25, -0.2) is 8.42 Å². The molecule has 1 aliphatic carbocycles. The van der Waals surface area contributed by atoms with E-state index in [1.807, 2.05) is 30.3 Å². The maximum Gasteiger partial charge on any atom is 0.221 e. The molecular formula is C18H18N2O3SSi. The Bertz CT molecular complexity index is 1060. The molecule has 1 unspecified atom stereocenters. The van der Waals surface area contributed by atoms with Crippen molar-refractivity contribution in [1.29, 1.82) is 0 Å². The topological polar surface area (TPSA) is 79.0 Å². The largest absolute Gasteiger partial charge is 0.355 e. The maximum atomic E-state index is 13.0. The van der Waals surface area contributed by atoms with E-state index in [1.54, 1.807) is 18.2 Å². The van der Waals surface area contributed by atoms with Crippen LogP contribution in [0, 0.1) is 0 Å². The van der Waals surface area contributed by atoms with Crippen molar-refractivity contribution >= 4 is 36.5 Å². The van der Waals surface area contributed by atoms with Crippen molar-refractivity contribution in [3.63, 3.8) is 0 Å². The molecule has 0 aliphatic heterocycles. The zero-order chi connectivity index (χ0) is 17.6. The monoisotopic (exact) mass is 370 g/mol. The van der Waals surface area contributed by atoms with Crippen LogP contribution in [0.25, 0.3) is 10.9 Å². The second-order valence-corrected chi connectivity index (χ2v) is 9.20. The van der Waals surface area contributed by atoms with Crippen LogP contribution in [0.3, 0.4) is 0 Å². The first kappa shape index (κ1) is 16.1. The smallest absolute Gasteiger partial charge is 0.221 e. The fraction of sp³-hybridized carbons (Fsp3) is 0.167. The first-order valence-corrected chi connectivity index (χ1v) is 10.7. The van der Waals surface area contributed by atoms with Gasteiger partial charge in [-0.05, 0) is 48.2 Å². The second-order valence-electron chi connectivity index (χ2n) is 6.38. The van der Waals surface area contributed by atoms with Crippen LogP contribution < -0.4 is 5.32 Å². The number of H-pyrrole nitrogens is 1. The number of rotatable bonds is 3. The number of hydrogen-bond donors (Lipinski definition) is 2. The molecule has 128 valence electrons. The van der Waals surface area contributed by atoms with Gasteiger partial charge in [0.25, 0.3) is 0 Å². The van der Waals surface area contributed by atoms with Gasteiger partial charge in [0.05, 0.1) is 10.9 Å². The molecule has 3 aromatic rings. The molecule has 7 heteroatoms. The molecule has 0 bridgehead atoms. The summed E-state index contributed by atoms with van der Waals surface area (Å²) in [4.78, 5) is 14.6. The molecule has 0 saturated heterocycles. The summed E-state index contributed by atoms with van der Waals surface area (Å²) in [6, 6.07) is 14.4. The summed E-state index contributed by atoms with van der Waals surface area (Å²) in [5.41, 5.74) is 2.89.